The maximum absolute atomic E-state index is 9.71. The molecule has 0 unspecified atom stereocenters. The predicted molar refractivity (Wildman–Crippen MR) is 148 cm³/mol. The lowest BCUT2D eigenvalue weighted by Crippen LogP contribution is -2.39. The minimum Gasteiger partial charge on any atom is -0.473 e. The average Bonchev–Trinajstić information content (AvgIpc) is 3.26. The first kappa shape index (κ1) is 26.8. The zero-order chi connectivity index (χ0) is 27.0. The van der Waals surface area contributed by atoms with Crippen LogP contribution in [0.15, 0.2) is 18.7 Å². The summed E-state index contributed by atoms with van der Waals surface area (Å²) in [6.45, 7) is 20.9. The Balaban J connectivity index is 1.94. The molecule has 1 aliphatic rings. The highest BCUT2D eigenvalue weighted by molar-refractivity contribution is 5.82. The Hall–Kier alpha value is -3.23. The number of hydrogen-bond donors (Lipinski definition) is 1. The molecule has 0 fully saturated rings. The zero-order valence-electron chi connectivity index (χ0n) is 23.5. The first-order valence-electron chi connectivity index (χ1n) is 13.0. The topological polar surface area (TPSA) is 81.2 Å². The maximum Gasteiger partial charge on any atom is 0.221 e. The van der Waals surface area contributed by atoms with E-state index in [9.17, 15) is 5.11 Å². The van der Waals surface area contributed by atoms with E-state index in [0.29, 0.717) is 25.5 Å². The molecule has 8 heteroatoms. The first-order valence-corrected chi connectivity index (χ1v) is 13.0. The number of pyridine rings is 1. The van der Waals surface area contributed by atoms with Gasteiger partial charge < -0.3 is 9.84 Å². The number of rotatable bonds is 3. The lowest BCUT2D eigenvalue weighted by atomic mass is 9.97. The minimum absolute atomic E-state index is 0.0338. The number of aliphatic hydroxyl groups excluding tert-OH is 1. The van der Waals surface area contributed by atoms with Crippen molar-refractivity contribution < 1.29 is 9.84 Å². The third-order valence-corrected chi connectivity index (χ3v) is 7.22. The maximum atomic E-state index is 9.71. The Morgan fingerprint density at radius 3 is 2.51 bits per heavy atom. The molecule has 0 spiro atoms. The molecule has 3 aromatic rings. The summed E-state index contributed by atoms with van der Waals surface area (Å²) in [5.41, 5.74) is 9.70. The molecule has 0 amide bonds. The number of ether oxygens (including phenoxy) is 1. The van der Waals surface area contributed by atoms with Crippen LogP contribution in [0.2, 0.25) is 0 Å². The second-order valence-corrected chi connectivity index (χ2v) is 10.4. The fourth-order valence-corrected chi connectivity index (χ4v) is 5.05. The van der Waals surface area contributed by atoms with Gasteiger partial charge in [-0.15, -0.1) is 0 Å². The molecule has 3 aromatic heterocycles. The van der Waals surface area contributed by atoms with Crippen molar-refractivity contribution in [1.82, 2.24) is 29.4 Å². The number of hydrogen-bond acceptors (Lipinski definition) is 6. The van der Waals surface area contributed by atoms with Crippen molar-refractivity contribution in [2.45, 2.75) is 73.7 Å². The Morgan fingerprint density at radius 1 is 1.11 bits per heavy atom. The molecule has 8 nitrogen and oxygen atoms in total. The highest BCUT2D eigenvalue weighted by Gasteiger charge is 2.25. The van der Waals surface area contributed by atoms with Gasteiger partial charge in [-0.25, -0.2) is 4.68 Å². The Morgan fingerprint density at radius 2 is 1.84 bits per heavy atom. The quantitative estimate of drug-likeness (QED) is 0.561. The molecule has 198 valence electrons. The van der Waals surface area contributed by atoms with Crippen LogP contribution in [0.25, 0.3) is 22.9 Å². The molecule has 0 saturated heterocycles. The lowest BCUT2D eigenvalue weighted by Gasteiger charge is -2.30. The summed E-state index contributed by atoms with van der Waals surface area (Å²) in [5, 5.41) is 19.2. The molecular weight excluding hydrogens is 464 g/mol. The second kappa shape index (κ2) is 10.6. The van der Waals surface area contributed by atoms with Crippen molar-refractivity contribution in [3.63, 3.8) is 0 Å². The molecule has 1 N–H and O–H groups in total. The van der Waals surface area contributed by atoms with Gasteiger partial charge in [0.15, 0.2) is 0 Å². The van der Waals surface area contributed by atoms with Gasteiger partial charge in [0, 0.05) is 37.4 Å². The van der Waals surface area contributed by atoms with Crippen molar-refractivity contribution in [3.05, 3.63) is 58.2 Å². The van der Waals surface area contributed by atoms with E-state index in [-0.39, 0.29) is 18.8 Å². The van der Waals surface area contributed by atoms with Crippen LogP contribution in [-0.4, -0.2) is 59.8 Å². The molecule has 4 heterocycles. The summed E-state index contributed by atoms with van der Waals surface area (Å²) in [6.07, 6.45) is 4.08. The number of allylic oxidation sites excluding steroid dienone is 2. The molecule has 0 saturated carbocycles. The van der Waals surface area contributed by atoms with E-state index < -0.39 is 0 Å². The summed E-state index contributed by atoms with van der Waals surface area (Å²) in [6, 6.07) is 2.38. The summed E-state index contributed by atoms with van der Waals surface area (Å²) in [5.74, 6) is 0.716. The van der Waals surface area contributed by atoms with E-state index in [1.807, 2.05) is 37.2 Å². The number of aliphatic hydroxyl groups is 1. The Bertz CT molecular complexity index is 1350. The van der Waals surface area contributed by atoms with Gasteiger partial charge in [0.1, 0.15) is 6.10 Å². The Kier molecular flexibility index (Phi) is 7.71. The molecule has 2 bridgehead atoms. The fourth-order valence-electron chi connectivity index (χ4n) is 5.05. The van der Waals surface area contributed by atoms with Crippen molar-refractivity contribution in [2.24, 2.45) is 7.05 Å². The zero-order valence-corrected chi connectivity index (χ0v) is 23.5. The summed E-state index contributed by atoms with van der Waals surface area (Å²) >= 11 is 0. The summed E-state index contributed by atoms with van der Waals surface area (Å²) in [7, 11) is 1.92. The van der Waals surface area contributed by atoms with Crippen molar-refractivity contribution in [2.75, 3.05) is 13.2 Å². The van der Waals surface area contributed by atoms with Gasteiger partial charge >= 0.3 is 0 Å². The van der Waals surface area contributed by atoms with Crippen LogP contribution in [0.4, 0.5) is 0 Å². The van der Waals surface area contributed by atoms with Crippen LogP contribution >= 0.6 is 0 Å². The number of aromatic nitrogens is 5. The predicted octanol–water partition coefficient (Wildman–Crippen LogP) is 4.62. The van der Waals surface area contributed by atoms with Crippen LogP contribution in [-0.2, 0) is 20.1 Å². The Labute approximate surface area is 220 Å². The minimum atomic E-state index is -0.101. The van der Waals surface area contributed by atoms with E-state index in [0.717, 1.165) is 56.3 Å². The van der Waals surface area contributed by atoms with E-state index in [1.165, 1.54) is 0 Å². The van der Waals surface area contributed by atoms with E-state index >= 15 is 0 Å². The highest BCUT2D eigenvalue weighted by Crippen LogP contribution is 2.36. The standard InChI is InChI=1S/C29H40N6O2/c1-17(2)34-15-19(4)37-29-28(23(8)31-33(29)9)26-14-25(20(5)21(6)30-26)18(3)10-11-24-22(7)32-35(12-13-36)27(24)16-34/h10-11,14,17,19,36H,3,12-13,15-16H2,1-2,4-9H3/b11-10+/t19-/m0/s1. The number of fused-ring (bicyclic) bond motifs is 5. The van der Waals surface area contributed by atoms with E-state index in [4.69, 9.17) is 14.8 Å². The second-order valence-electron chi connectivity index (χ2n) is 10.4. The third-order valence-electron chi connectivity index (χ3n) is 7.22. The molecular formula is C29H40N6O2. The van der Waals surface area contributed by atoms with E-state index in [1.54, 1.807) is 0 Å². The largest absolute Gasteiger partial charge is 0.473 e. The molecule has 0 aromatic carbocycles. The van der Waals surface area contributed by atoms with E-state index in [2.05, 4.69) is 62.5 Å². The molecule has 0 radical (unpaired) electrons. The molecule has 37 heavy (non-hydrogen) atoms. The number of nitrogens with zero attached hydrogens (tertiary/aromatic N) is 6. The van der Waals surface area contributed by atoms with Crippen LogP contribution in [0.1, 0.15) is 60.2 Å². The monoisotopic (exact) mass is 504 g/mol. The third kappa shape index (κ3) is 5.26. The lowest BCUT2D eigenvalue weighted by molar-refractivity contribution is 0.109. The average molecular weight is 505 g/mol. The van der Waals surface area contributed by atoms with Gasteiger partial charge in [0.25, 0.3) is 0 Å². The van der Waals surface area contributed by atoms with Gasteiger partial charge in [-0.1, -0.05) is 18.7 Å². The molecule has 4 rings (SSSR count). The van der Waals surface area contributed by atoms with Gasteiger partial charge in [-0.2, -0.15) is 10.2 Å². The van der Waals surface area contributed by atoms with Crippen molar-refractivity contribution in [3.8, 4) is 17.1 Å². The van der Waals surface area contributed by atoms with Gasteiger partial charge in [-0.3, -0.25) is 14.6 Å². The smallest absolute Gasteiger partial charge is 0.221 e. The molecule has 1 aliphatic heterocycles. The van der Waals surface area contributed by atoms with Crippen LogP contribution in [0, 0.1) is 27.7 Å². The molecule has 1 atom stereocenters. The van der Waals surface area contributed by atoms with Crippen LogP contribution in [0.3, 0.4) is 0 Å². The van der Waals surface area contributed by atoms with Crippen molar-refractivity contribution >= 4 is 11.6 Å². The molecule has 0 aliphatic carbocycles. The number of aryl methyl sites for hydroxylation is 4. The van der Waals surface area contributed by atoms with Gasteiger partial charge in [0.05, 0.1) is 41.5 Å². The van der Waals surface area contributed by atoms with Gasteiger partial charge in [0.2, 0.25) is 5.88 Å². The van der Waals surface area contributed by atoms with Crippen LogP contribution < -0.4 is 4.74 Å². The van der Waals surface area contributed by atoms with Crippen molar-refractivity contribution in [1.29, 1.82) is 0 Å². The SMILES string of the molecule is C=C1/C=C/c2c(C)nn(CCO)c2CN(C(C)C)C[C@H](C)Oc2c(c(C)nn2C)-c2cc1c(C)c(C)n2. The first-order chi connectivity index (χ1) is 17.5. The van der Waals surface area contributed by atoms with Gasteiger partial charge in [-0.05, 0) is 71.2 Å². The van der Waals surface area contributed by atoms with Crippen LogP contribution in [0.5, 0.6) is 5.88 Å². The fraction of sp³-hybridized carbons (Fsp3) is 0.483. The summed E-state index contributed by atoms with van der Waals surface area (Å²) in [4.78, 5) is 7.32. The normalized spacial score (nSPS) is 17.7. The summed E-state index contributed by atoms with van der Waals surface area (Å²) < 4.78 is 10.3. The highest BCUT2D eigenvalue weighted by atomic mass is 16.5.